The van der Waals surface area contributed by atoms with Crippen LogP contribution in [0.2, 0.25) is 0 Å². The highest BCUT2D eigenvalue weighted by atomic mass is 16.4. The van der Waals surface area contributed by atoms with Crippen molar-refractivity contribution in [1.82, 2.24) is 25.0 Å². The number of hydrogen-bond acceptors (Lipinski definition) is 6. The molecule has 10 heteroatoms. The molecule has 10 nitrogen and oxygen atoms in total. The molecule has 3 N–H and O–H groups in total. The van der Waals surface area contributed by atoms with Crippen LogP contribution in [-0.4, -0.2) is 42.1 Å². The average molecular weight is 339 g/mol. The van der Waals surface area contributed by atoms with Gasteiger partial charge in [0.1, 0.15) is 0 Å². The molecule has 0 saturated heterocycles. The number of rotatable bonds is 4. The zero-order chi connectivity index (χ0) is 17.8. The maximum absolute atomic E-state index is 12.2. The summed E-state index contributed by atoms with van der Waals surface area (Å²) in [7, 11) is 1.55. The third-order valence-electron chi connectivity index (χ3n) is 3.26. The lowest BCUT2D eigenvalue weighted by Gasteiger charge is -2.06. The first-order valence-corrected chi connectivity index (χ1v) is 7.12. The lowest BCUT2D eigenvalue weighted by molar-refractivity contribution is 0.102. The molecule has 0 atom stereocenters. The van der Waals surface area contributed by atoms with E-state index in [1.807, 2.05) is 0 Å². The normalized spacial score (nSPS) is 10.3. The van der Waals surface area contributed by atoms with Gasteiger partial charge in [-0.3, -0.25) is 20.1 Å². The number of aryl methyl sites for hydroxylation is 1. The molecule has 3 aromatic rings. The Kier molecular flexibility index (Phi) is 4.33. The van der Waals surface area contributed by atoms with Gasteiger partial charge < -0.3 is 10.4 Å². The first-order valence-electron chi connectivity index (χ1n) is 7.12. The zero-order valence-corrected chi connectivity index (χ0v) is 13.0. The van der Waals surface area contributed by atoms with Gasteiger partial charge in [-0.25, -0.2) is 9.48 Å². The predicted octanol–water partition coefficient (Wildman–Crippen LogP) is 1.61. The fourth-order valence-corrected chi connectivity index (χ4v) is 2.08. The van der Waals surface area contributed by atoms with Gasteiger partial charge in [-0.15, -0.1) is 5.10 Å². The minimum absolute atomic E-state index is 0.189. The van der Waals surface area contributed by atoms with E-state index in [0.29, 0.717) is 16.9 Å². The summed E-state index contributed by atoms with van der Waals surface area (Å²) in [5.74, 6) is -0.137. The first kappa shape index (κ1) is 16.1. The van der Waals surface area contributed by atoms with Crippen LogP contribution in [0.3, 0.4) is 0 Å². The molecule has 25 heavy (non-hydrogen) atoms. The van der Waals surface area contributed by atoms with E-state index in [1.54, 1.807) is 43.7 Å². The monoisotopic (exact) mass is 339 g/mol. The second kappa shape index (κ2) is 6.74. The summed E-state index contributed by atoms with van der Waals surface area (Å²) in [5.41, 5.74) is 1.62. The number of pyridine rings is 2. The Morgan fingerprint density at radius 3 is 2.52 bits per heavy atom. The Morgan fingerprint density at radius 1 is 1.12 bits per heavy atom. The van der Waals surface area contributed by atoms with Crippen molar-refractivity contribution in [3.63, 3.8) is 0 Å². The van der Waals surface area contributed by atoms with E-state index < -0.39 is 6.09 Å². The molecule has 0 radical (unpaired) electrons. The number of carbonyl (C=O) groups is 2. The molecule has 2 amide bonds. The van der Waals surface area contributed by atoms with Gasteiger partial charge >= 0.3 is 6.09 Å². The van der Waals surface area contributed by atoms with Crippen LogP contribution in [0.15, 0.2) is 42.9 Å². The van der Waals surface area contributed by atoms with Crippen LogP contribution in [0.25, 0.3) is 11.4 Å². The van der Waals surface area contributed by atoms with Crippen molar-refractivity contribution in [3.8, 4) is 11.4 Å². The molecule has 3 heterocycles. The summed E-state index contributed by atoms with van der Waals surface area (Å²) in [6.07, 6.45) is 3.29. The lowest BCUT2D eigenvalue weighted by atomic mass is 10.2. The van der Waals surface area contributed by atoms with Crippen molar-refractivity contribution in [1.29, 1.82) is 0 Å². The van der Waals surface area contributed by atoms with Gasteiger partial charge in [0.05, 0.1) is 11.3 Å². The Bertz CT molecular complexity index is 907. The van der Waals surface area contributed by atoms with Crippen LogP contribution in [0, 0.1) is 0 Å². The zero-order valence-electron chi connectivity index (χ0n) is 13.0. The molecule has 126 valence electrons. The fraction of sp³-hybridized carbons (Fsp3) is 0.0667. The van der Waals surface area contributed by atoms with Crippen molar-refractivity contribution in [2.24, 2.45) is 7.05 Å². The van der Waals surface area contributed by atoms with Crippen LogP contribution in [-0.2, 0) is 7.05 Å². The van der Waals surface area contributed by atoms with Gasteiger partial charge in [-0.05, 0) is 24.3 Å². The minimum Gasteiger partial charge on any atom is -0.465 e. The molecule has 0 aliphatic carbocycles. The van der Waals surface area contributed by atoms with Crippen LogP contribution < -0.4 is 10.6 Å². The van der Waals surface area contributed by atoms with Crippen molar-refractivity contribution >= 4 is 23.5 Å². The number of amides is 2. The highest BCUT2D eigenvalue weighted by molar-refractivity contribution is 6.04. The molecule has 0 fully saturated rings. The van der Waals surface area contributed by atoms with Gasteiger partial charge in [0.2, 0.25) is 0 Å². The Balaban J connectivity index is 1.81. The van der Waals surface area contributed by atoms with E-state index in [0.717, 1.165) is 0 Å². The first-order chi connectivity index (χ1) is 12.0. The maximum atomic E-state index is 12.2. The highest BCUT2D eigenvalue weighted by Gasteiger charge is 2.16. The number of nitrogens with one attached hydrogen (secondary N) is 2. The van der Waals surface area contributed by atoms with E-state index in [9.17, 15) is 9.59 Å². The van der Waals surface area contributed by atoms with Crippen LogP contribution in [0.5, 0.6) is 0 Å². The topological polar surface area (TPSA) is 135 Å². The Morgan fingerprint density at radius 2 is 1.88 bits per heavy atom. The SMILES string of the molecule is Cn1nnc(-c2ccc(C(=O)Nc3ccncc3)cn2)c1NC(=O)O. The van der Waals surface area contributed by atoms with Gasteiger partial charge in [0.15, 0.2) is 11.5 Å². The Labute approximate surface area is 141 Å². The van der Waals surface area contributed by atoms with Gasteiger partial charge in [0.25, 0.3) is 5.91 Å². The largest absolute Gasteiger partial charge is 0.465 e. The maximum Gasteiger partial charge on any atom is 0.410 e. The smallest absolute Gasteiger partial charge is 0.410 e. The summed E-state index contributed by atoms with van der Waals surface area (Å²) in [5, 5.41) is 21.5. The van der Waals surface area contributed by atoms with E-state index in [1.165, 1.54) is 10.9 Å². The second-order valence-corrected chi connectivity index (χ2v) is 4.96. The number of nitrogens with zero attached hydrogens (tertiary/aromatic N) is 5. The third kappa shape index (κ3) is 3.58. The molecule has 0 unspecified atom stereocenters. The van der Waals surface area contributed by atoms with E-state index in [-0.39, 0.29) is 17.4 Å². The van der Waals surface area contributed by atoms with E-state index in [4.69, 9.17) is 5.11 Å². The molecule has 3 rings (SSSR count). The Hall–Kier alpha value is -3.82. The van der Waals surface area contributed by atoms with Gasteiger partial charge in [0, 0.05) is 31.3 Å². The number of anilines is 2. The molecule has 0 spiro atoms. The van der Waals surface area contributed by atoms with Crippen molar-refractivity contribution in [2.75, 3.05) is 10.6 Å². The van der Waals surface area contributed by atoms with Crippen LogP contribution >= 0.6 is 0 Å². The molecule has 3 aromatic heterocycles. The van der Waals surface area contributed by atoms with Gasteiger partial charge in [-0.2, -0.15) is 0 Å². The summed E-state index contributed by atoms with van der Waals surface area (Å²) in [6.45, 7) is 0. The molecule has 0 aromatic carbocycles. The molecule has 0 saturated carbocycles. The highest BCUT2D eigenvalue weighted by Crippen LogP contribution is 2.23. The summed E-state index contributed by atoms with van der Waals surface area (Å²) < 4.78 is 1.29. The van der Waals surface area contributed by atoms with E-state index in [2.05, 4.69) is 30.9 Å². The van der Waals surface area contributed by atoms with Crippen molar-refractivity contribution < 1.29 is 14.7 Å². The number of carboxylic acid groups (broad SMARTS) is 1. The van der Waals surface area contributed by atoms with Crippen LogP contribution in [0.1, 0.15) is 10.4 Å². The van der Waals surface area contributed by atoms with Gasteiger partial charge in [-0.1, -0.05) is 5.21 Å². The third-order valence-corrected chi connectivity index (χ3v) is 3.26. The van der Waals surface area contributed by atoms with Crippen molar-refractivity contribution in [2.45, 2.75) is 0 Å². The quantitative estimate of drug-likeness (QED) is 0.657. The van der Waals surface area contributed by atoms with Crippen LogP contribution in [0.4, 0.5) is 16.3 Å². The summed E-state index contributed by atoms with van der Waals surface area (Å²) >= 11 is 0. The van der Waals surface area contributed by atoms with E-state index >= 15 is 0 Å². The molecule has 0 aliphatic heterocycles. The second-order valence-electron chi connectivity index (χ2n) is 4.96. The molecular formula is C15H13N7O3. The van der Waals surface area contributed by atoms with Crippen molar-refractivity contribution in [3.05, 3.63) is 48.4 Å². The number of hydrogen-bond donors (Lipinski definition) is 3. The average Bonchev–Trinajstić information content (AvgIpc) is 2.96. The summed E-state index contributed by atoms with van der Waals surface area (Å²) in [6, 6.07) is 6.47. The lowest BCUT2D eigenvalue weighted by Crippen LogP contribution is -2.13. The summed E-state index contributed by atoms with van der Waals surface area (Å²) in [4.78, 5) is 31.1. The fourth-order valence-electron chi connectivity index (χ4n) is 2.08. The number of carbonyl (C=O) groups excluding carboxylic acids is 1. The minimum atomic E-state index is -1.24. The predicted molar refractivity (Wildman–Crippen MR) is 88.1 cm³/mol. The molecule has 0 bridgehead atoms. The molecular weight excluding hydrogens is 326 g/mol. The standard InChI is InChI=1S/C15H13N7O3/c1-22-13(19-15(24)25)12(20-21-22)11-3-2-9(8-17-11)14(23)18-10-4-6-16-7-5-10/h2-8,19H,1H3,(H,24,25)(H,16,18,23). The molecule has 0 aliphatic rings. The number of aromatic nitrogens is 5.